The second-order valence-electron chi connectivity index (χ2n) is 5.22. The van der Waals surface area contributed by atoms with Crippen LogP contribution in [0.3, 0.4) is 0 Å². The average molecular weight is 278 g/mol. The molecule has 1 fully saturated rings. The molecule has 0 aromatic carbocycles. The van der Waals surface area contributed by atoms with Gasteiger partial charge < -0.3 is 14.8 Å². The summed E-state index contributed by atoms with van der Waals surface area (Å²) in [6, 6.07) is 0. The number of carbonyl (C=O) groups is 2. The highest BCUT2D eigenvalue weighted by atomic mass is 16.2. The second-order valence-corrected chi connectivity index (χ2v) is 5.22. The summed E-state index contributed by atoms with van der Waals surface area (Å²) in [5.74, 6) is -0.0105. The highest BCUT2D eigenvalue weighted by Gasteiger charge is 2.43. The minimum atomic E-state index is -0.704. The largest absolute Gasteiger partial charge is 0.340 e. The topological polar surface area (TPSA) is 67.2 Å². The van der Waals surface area contributed by atoms with Gasteiger partial charge in [0.2, 0.25) is 11.8 Å². The highest BCUT2D eigenvalue weighted by Crippen LogP contribution is 2.22. The average Bonchev–Trinajstić information content (AvgIpc) is 2.95. The van der Waals surface area contributed by atoms with Crippen molar-refractivity contribution in [1.29, 1.82) is 0 Å². The lowest BCUT2D eigenvalue weighted by molar-refractivity contribution is -0.150. The third kappa shape index (κ3) is 2.84. The van der Waals surface area contributed by atoms with Gasteiger partial charge in [0, 0.05) is 25.5 Å². The van der Waals surface area contributed by atoms with E-state index in [9.17, 15) is 9.59 Å². The molecule has 1 aromatic heterocycles. The maximum Gasteiger partial charge on any atom is 0.248 e. The number of piperazine rings is 1. The first-order valence-electron chi connectivity index (χ1n) is 7.17. The van der Waals surface area contributed by atoms with Gasteiger partial charge in [-0.05, 0) is 19.3 Å². The molecule has 0 saturated carbocycles. The lowest BCUT2D eigenvalue weighted by Crippen LogP contribution is -2.66. The van der Waals surface area contributed by atoms with Crippen LogP contribution in [0.15, 0.2) is 18.7 Å². The minimum Gasteiger partial charge on any atom is -0.340 e. The molecule has 1 aromatic rings. The lowest BCUT2D eigenvalue weighted by atomic mass is 9.89. The van der Waals surface area contributed by atoms with Gasteiger partial charge in [0.05, 0.1) is 12.9 Å². The Bertz CT molecular complexity index is 466. The Kier molecular flexibility index (Phi) is 4.42. The van der Waals surface area contributed by atoms with E-state index in [0.29, 0.717) is 19.4 Å². The summed E-state index contributed by atoms with van der Waals surface area (Å²) in [7, 11) is 0. The summed E-state index contributed by atoms with van der Waals surface area (Å²) in [4.78, 5) is 30.0. The number of aryl methyl sites for hydroxylation is 1. The molecular weight excluding hydrogens is 256 g/mol. The Morgan fingerprint density at radius 3 is 2.65 bits per heavy atom. The van der Waals surface area contributed by atoms with Crippen molar-refractivity contribution in [2.24, 2.45) is 0 Å². The summed E-state index contributed by atoms with van der Waals surface area (Å²) >= 11 is 0. The summed E-state index contributed by atoms with van der Waals surface area (Å²) in [5.41, 5.74) is -0.704. The van der Waals surface area contributed by atoms with E-state index in [1.807, 2.05) is 24.6 Å². The van der Waals surface area contributed by atoms with Gasteiger partial charge in [-0.15, -0.1) is 0 Å². The van der Waals surface area contributed by atoms with Crippen LogP contribution in [0.2, 0.25) is 0 Å². The number of rotatable bonds is 6. The maximum atomic E-state index is 12.5. The monoisotopic (exact) mass is 278 g/mol. The van der Waals surface area contributed by atoms with Gasteiger partial charge in [-0.3, -0.25) is 9.59 Å². The number of aromatic nitrogens is 2. The molecule has 2 heterocycles. The first kappa shape index (κ1) is 14.6. The smallest absolute Gasteiger partial charge is 0.248 e. The molecule has 1 aliphatic heterocycles. The van der Waals surface area contributed by atoms with Crippen molar-refractivity contribution in [2.75, 3.05) is 13.1 Å². The van der Waals surface area contributed by atoms with Gasteiger partial charge in [0.25, 0.3) is 0 Å². The van der Waals surface area contributed by atoms with E-state index in [1.165, 1.54) is 0 Å². The van der Waals surface area contributed by atoms with E-state index in [2.05, 4.69) is 10.3 Å². The second kappa shape index (κ2) is 6.07. The Labute approximate surface area is 119 Å². The Morgan fingerprint density at radius 1 is 1.30 bits per heavy atom. The Morgan fingerprint density at radius 2 is 2.05 bits per heavy atom. The molecule has 0 radical (unpaired) electrons. The lowest BCUT2D eigenvalue weighted by Gasteiger charge is -2.41. The van der Waals surface area contributed by atoms with Crippen molar-refractivity contribution in [3.05, 3.63) is 18.7 Å². The number of carbonyl (C=O) groups excluding carboxylic acids is 2. The molecule has 1 aliphatic rings. The zero-order valence-corrected chi connectivity index (χ0v) is 12.1. The molecule has 2 rings (SSSR count). The Hall–Kier alpha value is -1.85. The molecule has 2 amide bonds. The molecule has 1 N–H and O–H groups in total. The van der Waals surface area contributed by atoms with Crippen LogP contribution in [0.4, 0.5) is 0 Å². The number of imidazole rings is 1. The zero-order chi connectivity index (χ0) is 14.6. The number of amides is 2. The van der Waals surface area contributed by atoms with Gasteiger partial charge in [-0.2, -0.15) is 0 Å². The van der Waals surface area contributed by atoms with Crippen molar-refractivity contribution in [3.8, 4) is 0 Å². The number of nitrogens with zero attached hydrogens (tertiary/aromatic N) is 3. The predicted molar refractivity (Wildman–Crippen MR) is 74.9 cm³/mol. The van der Waals surface area contributed by atoms with Crippen molar-refractivity contribution < 1.29 is 9.59 Å². The Balaban J connectivity index is 1.96. The zero-order valence-electron chi connectivity index (χ0n) is 12.1. The quantitative estimate of drug-likeness (QED) is 0.836. The van der Waals surface area contributed by atoms with Crippen LogP contribution in [0.5, 0.6) is 0 Å². The maximum absolute atomic E-state index is 12.5. The highest BCUT2D eigenvalue weighted by molar-refractivity contribution is 5.97. The van der Waals surface area contributed by atoms with E-state index in [1.54, 1.807) is 17.4 Å². The number of hydrogen-bond donors (Lipinski definition) is 1. The first-order chi connectivity index (χ1) is 9.61. The summed E-state index contributed by atoms with van der Waals surface area (Å²) < 4.78 is 1.97. The third-order valence-corrected chi connectivity index (χ3v) is 4.02. The van der Waals surface area contributed by atoms with Crippen LogP contribution in [-0.2, 0) is 16.1 Å². The van der Waals surface area contributed by atoms with Crippen LogP contribution in [0, 0.1) is 0 Å². The summed E-state index contributed by atoms with van der Waals surface area (Å²) in [5, 5.41) is 2.87. The fourth-order valence-electron chi connectivity index (χ4n) is 2.68. The first-order valence-corrected chi connectivity index (χ1v) is 7.17. The molecular formula is C14H22N4O2. The standard InChI is InChI=1S/C14H22N4O2/c1-3-14(4-2)13(20)18(10-12(19)16-14)8-5-7-17-9-6-15-11-17/h6,9,11H,3-5,7-8,10H2,1-2H3,(H,16,19). The van der Waals surface area contributed by atoms with Crippen molar-refractivity contribution in [2.45, 2.75) is 45.2 Å². The van der Waals surface area contributed by atoms with Gasteiger partial charge in [-0.1, -0.05) is 13.8 Å². The normalized spacial score (nSPS) is 18.2. The molecule has 0 aliphatic carbocycles. The van der Waals surface area contributed by atoms with E-state index in [-0.39, 0.29) is 18.4 Å². The van der Waals surface area contributed by atoms with Crippen LogP contribution in [0.1, 0.15) is 33.1 Å². The summed E-state index contributed by atoms with van der Waals surface area (Å²) in [6.07, 6.45) is 7.47. The molecule has 6 heteroatoms. The van der Waals surface area contributed by atoms with Gasteiger partial charge in [0.1, 0.15) is 5.54 Å². The van der Waals surface area contributed by atoms with E-state index in [4.69, 9.17) is 0 Å². The third-order valence-electron chi connectivity index (χ3n) is 4.02. The molecule has 6 nitrogen and oxygen atoms in total. The minimum absolute atomic E-state index is 0.0488. The van der Waals surface area contributed by atoms with Gasteiger partial charge >= 0.3 is 0 Å². The van der Waals surface area contributed by atoms with Crippen LogP contribution in [0.25, 0.3) is 0 Å². The molecule has 20 heavy (non-hydrogen) atoms. The SMILES string of the molecule is CCC1(CC)NC(=O)CN(CCCn2ccnc2)C1=O. The molecule has 0 unspecified atom stereocenters. The van der Waals surface area contributed by atoms with Crippen molar-refractivity contribution >= 4 is 11.8 Å². The number of hydrogen-bond acceptors (Lipinski definition) is 3. The van der Waals surface area contributed by atoms with Crippen LogP contribution < -0.4 is 5.32 Å². The van der Waals surface area contributed by atoms with E-state index in [0.717, 1.165) is 13.0 Å². The van der Waals surface area contributed by atoms with Crippen molar-refractivity contribution in [3.63, 3.8) is 0 Å². The molecule has 0 atom stereocenters. The molecule has 0 bridgehead atoms. The van der Waals surface area contributed by atoms with Crippen LogP contribution >= 0.6 is 0 Å². The molecule has 110 valence electrons. The molecule has 1 saturated heterocycles. The fourth-order valence-corrected chi connectivity index (χ4v) is 2.68. The number of nitrogens with one attached hydrogen (secondary N) is 1. The van der Waals surface area contributed by atoms with Crippen molar-refractivity contribution in [1.82, 2.24) is 19.8 Å². The van der Waals surface area contributed by atoms with E-state index < -0.39 is 5.54 Å². The summed E-state index contributed by atoms with van der Waals surface area (Å²) in [6.45, 7) is 5.46. The predicted octanol–water partition coefficient (Wildman–Crippen LogP) is 0.790. The fraction of sp³-hybridized carbons (Fsp3) is 0.643. The van der Waals surface area contributed by atoms with E-state index >= 15 is 0 Å². The van der Waals surface area contributed by atoms with Crippen LogP contribution in [-0.4, -0.2) is 44.9 Å². The van der Waals surface area contributed by atoms with Gasteiger partial charge in [-0.25, -0.2) is 4.98 Å². The van der Waals surface area contributed by atoms with Gasteiger partial charge in [0.15, 0.2) is 0 Å². The molecule has 0 spiro atoms.